The van der Waals surface area contributed by atoms with E-state index in [-0.39, 0.29) is 6.10 Å². The molecular weight excluding hydrogens is 262 g/mol. The van der Waals surface area contributed by atoms with Crippen LogP contribution in [0.4, 0.5) is 5.00 Å². The van der Waals surface area contributed by atoms with Gasteiger partial charge >= 0.3 is 0 Å². The van der Waals surface area contributed by atoms with E-state index in [1.165, 1.54) is 4.88 Å². The van der Waals surface area contributed by atoms with Gasteiger partial charge in [-0.25, -0.2) is 0 Å². The molecule has 2 rings (SSSR count). The molecule has 0 aliphatic heterocycles. The fraction of sp³-hybridized carbons (Fsp3) is 0.538. The van der Waals surface area contributed by atoms with Gasteiger partial charge in [0, 0.05) is 12.0 Å². The standard InChI is InChI=1S/C13H19N3O2S/c1-5-6-9(17-4)12-15-13(18-16-12)10-7(2)8(3)19-11(10)14/h9H,5-6,14H2,1-4H3. The Morgan fingerprint density at radius 3 is 2.68 bits per heavy atom. The zero-order valence-corrected chi connectivity index (χ0v) is 12.5. The zero-order valence-electron chi connectivity index (χ0n) is 11.7. The molecule has 2 heterocycles. The minimum Gasteiger partial charge on any atom is -0.390 e. The van der Waals surface area contributed by atoms with Gasteiger partial charge in [-0.05, 0) is 25.8 Å². The number of ether oxygens (including phenoxy) is 1. The number of hydrogen-bond acceptors (Lipinski definition) is 6. The van der Waals surface area contributed by atoms with Crippen molar-refractivity contribution in [3.8, 4) is 11.5 Å². The minimum absolute atomic E-state index is 0.122. The number of nitrogens with two attached hydrogens (primary N) is 1. The lowest BCUT2D eigenvalue weighted by Crippen LogP contribution is -2.03. The molecule has 19 heavy (non-hydrogen) atoms. The van der Waals surface area contributed by atoms with E-state index in [4.69, 9.17) is 15.0 Å². The van der Waals surface area contributed by atoms with Gasteiger partial charge in [0.25, 0.3) is 5.89 Å². The molecule has 0 aliphatic carbocycles. The van der Waals surface area contributed by atoms with Gasteiger partial charge in [0.05, 0.1) is 10.6 Å². The monoisotopic (exact) mass is 281 g/mol. The second-order valence-electron chi connectivity index (χ2n) is 4.49. The normalized spacial score (nSPS) is 12.8. The average Bonchev–Trinajstić information content (AvgIpc) is 2.93. The molecule has 1 unspecified atom stereocenters. The van der Waals surface area contributed by atoms with Gasteiger partial charge < -0.3 is 15.0 Å². The summed E-state index contributed by atoms with van der Waals surface area (Å²) < 4.78 is 10.7. The van der Waals surface area contributed by atoms with Crippen LogP contribution < -0.4 is 5.73 Å². The Balaban J connectivity index is 2.35. The Morgan fingerprint density at radius 2 is 2.16 bits per heavy atom. The molecule has 0 aromatic carbocycles. The Hall–Kier alpha value is -1.40. The molecule has 0 fully saturated rings. The van der Waals surface area contributed by atoms with Crippen molar-refractivity contribution < 1.29 is 9.26 Å². The summed E-state index contributed by atoms with van der Waals surface area (Å²) >= 11 is 1.54. The van der Waals surface area contributed by atoms with Gasteiger partial charge in [0.2, 0.25) is 5.82 Å². The largest absolute Gasteiger partial charge is 0.390 e. The predicted octanol–water partition coefficient (Wildman–Crippen LogP) is 3.48. The summed E-state index contributed by atoms with van der Waals surface area (Å²) in [5.74, 6) is 1.06. The number of nitrogens with zero attached hydrogens (tertiary/aromatic N) is 2. The first-order valence-electron chi connectivity index (χ1n) is 6.30. The van der Waals surface area contributed by atoms with Crippen molar-refractivity contribution in [2.45, 2.75) is 39.7 Å². The highest BCUT2D eigenvalue weighted by atomic mass is 32.1. The summed E-state index contributed by atoms with van der Waals surface area (Å²) in [6, 6.07) is 0. The number of nitrogen functional groups attached to an aromatic ring is 1. The molecule has 0 radical (unpaired) electrons. The summed E-state index contributed by atoms with van der Waals surface area (Å²) in [6.07, 6.45) is 1.75. The highest BCUT2D eigenvalue weighted by Gasteiger charge is 2.21. The number of rotatable bonds is 5. The number of aryl methyl sites for hydroxylation is 1. The highest BCUT2D eigenvalue weighted by Crippen LogP contribution is 2.37. The number of hydrogen-bond donors (Lipinski definition) is 1. The Morgan fingerprint density at radius 1 is 1.42 bits per heavy atom. The van der Waals surface area contributed by atoms with E-state index in [2.05, 4.69) is 17.1 Å². The van der Waals surface area contributed by atoms with Crippen LogP contribution in [0.3, 0.4) is 0 Å². The van der Waals surface area contributed by atoms with E-state index >= 15 is 0 Å². The van der Waals surface area contributed by atoms with Crippen LogP contribution in [0, 0.1) is 13.8 Å². The van der Waals surface area contributed by atoms with Crippen LogP contribution in [0.2, 0.25) is 0 Å². The SMILES string of the molecule is CCCC(OC)c1noc(-c2c(N)sc(C)c2C)n1. The Kier molecular flexibility index (Phi) is 4.21. The second kappa shape index (κ2) is 5.71. The van der Waals surface area contributed by atoms with Crippen LogP contribution in [0.15, 0.2) is 4.52 Å². The number of aromatic nitrogens is 2. The molecule has 1 atom stereocenters. The fourth-order valence-corrected chi connectivity index (χ4v) is 2.93. The number of anilines is 1. The highest BCUT2D eigenvalue weighted by molar-refractivity contribution is 7.16. The molecule has 0 saturated heterocycles. The smallest absolute Gasteiger partial charge is 0.261 e. The van der Waals surface area contributed by atoms with E-state index in [9.17, 15) is 0 Å². The van der Waals surface area contributed by atoms with Crippen LogP contribution in [0.1, 0.15) is 42.1 Å². The van der Waals surface area contributed by atoms with Crippen molar-refractivity contribution in [3.63, 3.8) is 0 Å². The van der Waals surface area contributed by atoms with Gasteiger partial charge in [-0.1, -0.05) is 18.5 Å². The topological polar surface area (TPSA) is 74.2 Å². The van der Waals surface area contributed by atoms with Crippen LogP contribution in [-0.4, -0.2) is 17.3 Å². The molecule has 2 aromatic heterocycles. The molecule has 0 bridgehead atoms. The molecule has 6 heteroatoms. The molecule has 5 nitrogen and oxygen atoms in total. The summed E-state index contributed by atoms with van der Waals surface area (Å²) in [5.41, 5.74) is 7.96. The van der Waals surface area contributed by atoms with Crippen LogP contribution >= 0.6 is 11.3 Å². The van der Waals surface area contributed by atoms with E-state index in [1.807, 2.05) is 13.8 Å². The lowest BCUT2D eigenvalue weighted by atomic mass is 10.1. The predicted molar refractivity (Wildman–Crippen MR) is 76.2 cm³/mol. The maximum absolute atomic E-state index is 6.01. The maximum atomic E-state index is 6.01. The van der Waals surface area contributed by atoms with Gasteiger partial charge in [-0.2, -0.15) is 4.98 Å². The van der Waals surface area contributed by atoms with Crippen molar-refractivity contribution in [2.75, 3.05) is 12.8 Å². The Labute approximate surface area is 116 Å². The molecule has 104 valence electrons. The summed E-state index contributed by atoms with van der Waals surface area (Å²) in [6.45, 7) is 6.14. The van der Waals surface area contributed by atoms with Crippen molar-refractivity contribution in [1.82, 2.24) is 10.1 Å². The van der Waals surface area contributed by atoms with Crippen molar-refractivity contribution >= 4 is 16.3 Å². The average molecular weight is 281 g/mol. The van der Waals surface area contributed by atoms with Crippen LogP contribution in [-0.2, 0) is 4.74 Å². The third-order valence-corrected chi connectivity index (χ3v) is 4.23. The molecular formula is C13H19N3O2S. The van der Waals surface area contributed by atoms with Gasteiger partial charge in [0.15, 0.2) is 0 Å². The first kappa shape index (κ1) is 14.0. The molecule has 0 saturated carbocycles. The van der Waals surface area contributed by atoms with Crippen molar-refractivity contribution in [2.24, 2.45) is 0 Å². The van der Waals surface area contributed by atoms with E-state index in [1.54, 1.807) is 18.4 Å². The van der Waals surface area contributed by atoms with Crippen molar-refractivity contribution in [3.05, 3.63) is 16.3 Å². The van der Waals surface area contributed by atoms with Crippen LogP contribution in [0.25, 0.3) is 11.5 Å². The molecule has 2 aromatic rings. The molecule has 0 aliphatic rings. The zero-order chi connectivity index (χ0) is 14.0. The second-order valence-corrected chi connectivity index (χ2v) is 5.75. The first-order valence-corrected chi connectivity index (χ1v) is 7.12. The summed E-state index contributed by atoms with van der Waals surface area (Å²) in [4.78, 5) is 5.60. The lowest BCUT2D eigenvalue weighted by Gasteiger charge is -2.08. The maximum Gasteiger partial charge on any atom is 0.261 e. The summed E-state index contributed by atoms with van der Waals surface area (Å²) in [7, 11) is 1.66. The molecule has 0 spiro atoms. The third-order valence-electron chi connectivity index (χ3n) is 3.19. The minimum atomic E-state index is -0.122. The number of thiophene rings is 1. The van der Waals surface area contributed by atoms with E-state index < -0.39 is 0 Å². The van der Waals surface area contributed by atoms with E-state index in [0.717, 1.165) is 29.0 Å². The van der Waals surface area contributed by atoms with Gasteiger partial charge in [-0.3, -0.25) is 0 Å². The fourth-order valence-electron chi connectivity index (χ4n) is 2.00. The third kappa shape index (κ3) is 2.64. The van der Waals surface area contributed by atoms with Crippen LogP contribution in [0.5, 0.6) is 0 Å². The number of methoxy groups -OCH3 is 1. The van der Waals surface area contributed by atoms with Crippen molar-refractivity contribution in [1.29, 1.82) is 0 Å². The van der Waals surface area contributed by atoms with E-state index in [0.29, 0.717) is 11.7 Å². The first-order chi connectivity index (χ1) is 9.08. The molecule has 2 N–H and O–H groups in total. The van der Waals surface area contributed by atoms with Gasteiger partial charge in [0.1, 0.15) is 6.10 Å². The quantitative estimate of drug-likeness (QED) is 0.908. The summed E-state index contributed by atoms with van der Waals surface area (Å²) in [5, 5.41) is 4.73. The Bertz CT molecular complexity index is 562. The molecule has 0 amide bonds. The van der Waals surface area contributed by atoms with Gasteiger partial charge in [-0.15, -0.1) is 11.3 Å². The lowest BCUT2D eigenvalue weighted by molar-refractivity contribution is 0.0854.